The van der Waals surface area contributed by atoms with Gasteiger partial charge in [-0.3, -0.25) is 9.59 Å². The van der Waals surface area contributed by atoms with Gasteiger partial charge in [-0.15, -0.1) is 0 Å². The number of nitrogens with zero attached hydrogens (tertiary/aromatic N) is 1. The molecule has 0 fully saturated rings. The predicted octanol–water partition coefficient (Wildman–Crippen LogP) is -0.227. The molecule has 70 valence electrons. The Bertz CT molecular complexity index is 166. The summed E-state index contributed by atoms with van der Waals surface area (Å²) in [4.78, 5) is 23.4. The van der Waals surface area contributed by atoms with Crippen LogP contribution in [0.3, 0.4) is 0 Å². The molecule has 0 rings (SSSR count). The SMILES string of the molecule is CN(C)C(=O)CC(=O)CCCN. The molecule has 0 saturated heterocycles. The summed E-state index contributed by atoms with van der Waals surface area (Å²) in [5.41, 5.74) is 5.22. The van der Waals surface area contributed by atoms with Crippen molar-refractivity contribution in [1.29, 1.82) is 0 Å². The lowest BCUT2D eigenvalue weighted by Crippen LogP contribution is -2.24. The number of rotatable bonds is 5. The standard InChI is InChI=1S/C8H16N2O2/c1-10(2)8(12)6-7(11)4-3-5-9/h3-6,9H2,1-2H3. The maximum absolute atomic E-state index is 11.0. The molecule has 0 aromatic heterocycles. The monoisotopic (exact) mass is 172 g/mol. The molecule has 0 bridgehead atoms. The molecule has 0 saturated carbocycles. The van der Waals surface area contributed by atoms with E-state index in [2.05, 4.69) is 0 Å². The third-order valence-electron chi connectivity index (χ3n) is 1.51. The van der Waals surface area contributed by atoms with Gasteiger partial charge in [-0.1, -0.05) is 0 Å². The number of carbonyl (C=O) groups excluding carboxylic acids is 2. The topological polar surface area (TPSA) is 63.4 Å². The van der Waals surface area contributed by atoms with Crippen molar-refractivity contribution < 1.29 is 9.59 Å². The lowest BCUT2D eigenvalue weighted by Gasteiger charge is -2.08. The molecule has 0 heterocycles. The fourth-order valence-corrected chi connectivity index (χ4v) is 0.714. The molecule has 0 spiro atoms. The normalized spacial score (nSPS) is 9.58. The molecule has 12 heavy (non-hydrogen) atoms. The summed E-state index contributed by atoms with van der Waals surface area (Å²) in [6.45, 7) is 0.502. The third kappa shape index (κ3) is 4.85. The van der Waals surface area contributed by atoms with Crippen LogP contribution in [0.1, 0.15) is 19.3 Å². The minimum absolute atomic E-state index is 0.00694. The highest BCUT2D eigenvalue weighted by atomic mass is 16.2. The third-order valence-corrected chi connectivity index (χ3v) is 1.51. The molecule has 0 aliphatic heterocycles. The zero-order valence-corrected chi connectivity index (χ0v) is 7.67. The van der Waals surface area contributed by atoms with Crippen LogP contribution in [0.15, 0.2) is 0 Å². The van der Waals surface area contributed by atoms with Crippen molar-refractivity contribution in [3.63, 3.8) is 0 Å². The molecule has 1 amide bonds. The average Bonchev–Trinajstić information content (AvgIpc) is 2.00. The van der Waals surface area contributed by atoms with E-state index in [1.54, 1.807) is 14.1 Å². The van der Waals surface area contributed by atoms with E-state index in [0.717, 1.165) is 0 Å². The number of Topliss-reactive ketones (excluding diaryl/α,β-unsaturated/α-hetero) is 1. The van der Waals surface area contributed by atoms with Crippen LogP contribution in [0.4, 0.5) is 0 Å². The molecule has 0 aromatic carbocycles. The second-order valence-corrected chi connectivity index (χ2v) is 2.90. The zero-order chi connectivity index (χ0) is 9.56. The first-order valence-corrected chi connectivity index (χ1v) is 4.00. The molecule has 4 heteroatoms. The minimum Gasteiger partial charge on any atom is -0.348 e. The fourth-order valence-electron chi connectivity index (χ4n) is 0.714. The van der Waals surface area contributed by atoms with Gasteiger partial charge in [0.1, 0.15) is 5.78 Å². The van der Waals surface area contributed by atoms with Crippen molar-refractivity contribution in [2.75, 3.05) is 20.6 Å². The number of ketones is 1. The Balaban J connectivity index is 3.62. The molecule has 0 aliphatic carbocycles. The summed E-state index contributed by atoms with van der Waals surface area (Å²) in [6, 6.07) is 0. The molecule has 0 radical (unpaired) electrons. The number of carbonyl (C=O) groups is 2. The van der Waals surface area contributed by atoms with E-state index < -0.39 is 0 Å². The number of nitrogens with two attached hydrogens (primary N) is 1. The van der Waals surface area contributed by atoms with Crippen LogP contribution in [-0.2, 0) is 9.59 Å². The van der Waals surface area contributed by atoms with Gasteiger partial charge in [0.15, 0.2) is 0 Å². The summed E-state index contributed by atoms with van der Waals surface area (Å²) in [5, 5.41) is 0. The second-order valence-electron chi connectivity index (χ2n) is 2.90. The van der Waals surface area contributed by atoms with Gasteiger partial charge in [-0.05, 0) is 13.0 Å². The van der Waals surface area contributed by atoms with E-state index >= 15 is 0 Å². The highest BCUT2D eigenvalue weighted by molar-refractivity contribution is 5.97. The van der Waals surface area contributed by atoms with Crippen LogP contribution in [0.25, 0.3) is 0 Å². The Labute approximate surface area is 72.7 Å². The number of hydrogen-bond acceptors (Lipinski definition) is 3. The van der Waals surface area contributed by atoms with Gasteiger partial charge in [0.2, 0.25) is 5.91 Å². The number of hydrogen-bond donors (Lipinski definition) is 1. The van der Waals surface area contributed by atoms with E-state index in [-0.39, 0.29) is 18.1 Å². The average molecular weight is 172 g/mol. The lowest BCUT2D eigenvalue weighted by molar-refractivity contribution is -0.133. The Hall–Kier alpha value is -0.900. The summed E-state index contributed by atoms with van der Waals surface area (Å²) in [7, 11) is 3.27. The van der Waals surface area contributed by atoms with E-state index in [4.69, 9.17) is 5.73 Å². The predicted molar refractivity (Wildman–Crippen MR) is 46.6 cm³/mol. The van der Waals surface area contributed by atoms with Gasteiger partial charge < -0.3 is 10.6 Å². The first-order chi connectivity index (χ1) is 5.57. The first kappa shape index (κ1) is 11.1. The van der Waals surface area contributed by atoms with Crippen molar-refractivity contribution in [3.05, 3.63) is 0 Å². The van der Waals surface area contributed by atoms with E-state index in [0.29, 0.717) is 19.4 Å². The Morgan fingerprint density at radius 1 is 1.33 bits per heavy atom. The van der Waals surface area contributed by atoms with Gasteiger partial charge in [0.05, 0.1) is 6.42 Å². The van der Waals surface area contributed by atoms with Gasteiger partial charge >= 0.3 is 0 Å². The summed E-state index contributed by atoms with van der Waals surface area (Å²) in [6.07, 6.45) is 1.09. The smallest absolute Gasteiger partial charge is 0.229 e. The molecule has 0 aromatic rings. The Morgan fingerprint density at radius 2 is 1.92 bits per heavy atom. The Kier molecular flexibility index (Phi) is 5.28. The van der Waals surface area contributed by atoms with Gasteiger partial charge in [-0.2, -0.15) is 0 Å². The highest BCUT2D eigenvalue weighted by Gasteiger charge is 2.09. The van der Waals surface area contributed by atoms with E-state index in [9.17, 15) is 9.59 Å². The van der Waals surface area contributed by atoms with Crippen molar-refractivity contribution >= 4 is 11.7 Å². The van der Waals surface area contributed by atoms with Crippen LogP contribution in [-0.4, -0.2) is 37.2 Å². The van der Waals surface area contributed by atoms with Crippen LogP contribution >= 0.6 is 0 Å². The van der Waals surface area contributed by atoms with Gasteiger partial charge in [0.25, 0.3) is 0 Å². The summed E-state index contributed by atoms with van der Waals surface area (Å²) >= 11 is 0. The van der Waals surface area contributed by atoms with E-state index in [1.165, 1.54) is 4.90 Å². The van der Waals surface area contributed by atoms with Gasteiger partial charge in [0, 0.05) is 20.5 Å². The molecule has 4 nitrogen and oxygen atoms in total. The van der Waals surface area contributed by atoms with Crippen LogP contribution in [0, 0.1) is 0 Å². The first-order valence-electron chi connectivity index (χ1n) is 4.00. The lowest BCUT2D eigenvalue weighted by atomic mass is 10.1. The molecular weight excluding hydrogens is 156 g/mol. The Morgan fingerprint density at radius 3 is 2.33 bits per heavy atom. The molecule has 0 atom stereocenters. The van der Waals surface area contributed by atoms with Crippen molar-refractivity contribution in [2.45, 2.75) is 19.3 Å². The van der Waals surface area contributed by atoms with Crippen molar-refractivity contribution in [2.24, 2.45) is 5.73 Å². The molecular formula is C8H16N2O2. The zero-order valence-electron chi connectivity index (χ0n) is 7.67. The quantitative estimate of drug-likeness (QED) is 0.583. The van der Waals surface area contributed by atoms with Gasteiger partial charge in [-0.25, -0.2) is 0 Å². The summed E-state index contributed by atoms with van der Waals surface area (Å²) in [5.74, 6) is -0.170. The van der Waals surface area contributed by atoms with Crippen LogP contribution in [0.5, 0.6) is 0 Å². The maximum Gasteiger partial charge on any atom is 0.229 e. The van der Waals surface area contributed by atoms with Crippen LogP contribution in [0.2, 0.25) is 0 Å². The second kappa shape index (κ2) is 5.71. The maximum atomic E-state index is 11.0. The molecule has 0 aliphatic rings. The van der Waals surface area contributed by atoms with E-state index in [1.807, 2.05) is 0 Å². The largest absolute Gasteiger partial charge is 0.348 e. The van der Waals surface area contributed by atoms with Crippen molar-refractivity contribution in [1.82, 2.24) is 4.90 Å². The molecule has 0 unspecified atom stereocenters. The minimum atomic E-state index is -0.142. The summed E-state index contributed by atoms with van der Waals surface area (Å²) < 4.78 is 0. The molecule has 2 N–H and O–H groups in total. The highest BCUT2D eigenvalue weighted by Crippen LogP contribution is 1.96. The van der Waals surface area contributed by atoms with Crippen LogP contribution < -0.4 is 5.73 Å². The fraction of sp³-hybridized carbons (Fsp3) is 0.750. The number of amides is 1. The van der Waals surface area contributed by atoms with Crippen molar-refractivity contribution in [3.8, 4) is 0 Å².